The monoisotopic (exact) mass is 303 g/mol. The van der Waals surface area contributed by atoms with Crippen LogP contribution in [0.25, 0.3) is 0 Å². The molecular formula is C21H35O. The fourth-order valence-electron chi connectivity index (χ4n) is 2.66. The molecule has 0 spiro atoms. The second-order valence-corrected chi connectivity index (χ2v) is 8.43. The summed E-state index contributed by atoms with van der Waals surface area (Å²) in [6.07, 6.45) is 4.93. The third kappa shape index (κ3) is 5.34. The van der Waals surface area contributed by atoms with Gasteiger partial charge in [0, 0.05) is 11.1 Å². The van der Waals surface area contributed by atoms with Crippen molar-refractivity contribution in [2.45, 2.75) is 85.0 Å². The van der Waals surface area contributed by atoms with Gasteiger partial charge in [0.05, 0.1) is 6.61 Å². The van der Waals surface area contributed by atoms with E-state index < -0.39 is 0 Å². The number of rotatable bonds is 6. The fraction of sp³-hybridized carbons (Fsp3) is 0.667. The molecule has 0 N–H and O–H groups in total. The minimum absolute atomic E-state index is 0.0620. The summed E-state index contributed by atoms with van der Waals surface area (Å²) in [5.41, 5.74) is 3.76. The van der Waals surface area contributed by atoms with Gasteiger partial charge in [0.2, 0.25) is 0 Å². The predicted molar refractivity (Wildman–Crippen MR) is 97.9 cm³/mol. The van der Waals surface area contributed by atoms with Crippen LogP contribution in [0, 0.1) is 6.92 Å². The first kappa shape index (κ1) is 19.1. The summed E-state index contributed by atoms with van der Waals surface area (Å²) >= 11 is 0. The minimum Gasteiger partial charge on any atom is -0.493 e. The van der Waals surface area contributed by atoms with Crippen LogP contribution < -0.4 is 4.74 Å². The molecule has 1 rings (SSSR count). The summed E-state index contributed by atoms with van der Waals surface area (Å²) in [4.78, 5) is 0. The Morgan fingerprint density at radius 1 is 0.864 bits per heavy atom. The number of hydrogen-bond donors (Lipinski definition) is 0. The summed E-state index contributed by atoms with van der Waals surface area (Å²) in [5, 5.41) is 0. The normalized spacial score (nSPS) is 12.5. The standard InChI is InChI=1S/C21H35O/c1-9-10-11-12-13-22-19-17(20(3,4)5)14-16(2)15-18(19)21(6,7)8/h14-15H,2,9-13H2,1,3-8H3. The SMILES string of the molecule is [CH2]c1cc(C(C)(C)C)c(OCCCCCC)c(C(C)(C)C)c1. The van der Waals surface area contributed by atoms with E-state index in [1.165, 1.54) is 30.4 Å². The van der Waals surface area contributed by atoms with Crippen molar-refractivity contribution in [1.82, 2.24) is 0 Å². The average molecular weight is 304 g/mol. The molecule has 0 aromatic heterocycles. The zero-order valence-corrected chi connectivity index (χ0v) is 15.8. The van der Waals surface area contributed by atoms with E-state index in [2.05, 4.69) is 67.5 Å². The molecule has 1 radical (unpaired) electrons. The van der Waals surface area contributed by atoms with Gasteiger partial charge < -0.3 is 4.74 Å². The third-order valence-corrected chi connectivity index (χ3v) is 4.01. The first-order valence-corrected chi connectivity index (χ1v) is 8.71. The quantitative estimate of drug-likeness (QED) is 0.551. The zero-order chi connectivity index (χ0) is 17.0. The molecule has 0 aliphatic heterocycles. The van der Waals surface area contributed by atoms with Gasteiger partial charge in [-0.3, -0.25) is 0 Å². The number of benzene rings is 1. The molecule has 1 aromatic carbocycles. The van der Waals surface area contributed by atoms with Crippen molar-refractivity contribution in [2.24, 2.45) is 0 Å². The van der Waals surface area contributed by atoms with E-state index in [4.69, 9.17) is 4.74 Å². The van der Waals surface area contributed by atoms with E-state index in [0.717, 1.165) is 24.3 Å². The Labute approximate surface area is 138 Å². The molecule has 0 heterocycles. The highest BCUT2D eigenvalue weighted by Gasteiger charge is 2.27. The smallest absolute Gasteiger partial charge is 0.126 e. The van der Waals surface area contributed by atoms with Gasteiger partial charge >= 0.3 is 0 Å². The molecule has 0 bridgehead atoms. The van der Waals surface area contributed by atoms with Crippen LogP contribution >= 0.6 is 0 Å². The molecule has 0 unspecified atom stereocenters. The third-order valence-electron chi connectivity index (χ3n) is 4.01. The molecule has 22 heavy (non-hydrogen) atoms. The maximum Gasteiger partial charge on any atom is 0.126 e. The lowest BCUT2D eigenvalue weighted by molar-refractivity contribution is 0.289. The van der Waals surface area contributed by atoms with E-state index >= 15 is 0 Å². The first-order chi connectivity index (χ1) is 10.1. The van der Waals surface area contributed by atoms with E-state index in [0.29, 0.717) is 0 Å². The Bertz CT molecular complexity index is 437. The Morgan fingerprint density at radius 3 is 1.77 bits per heavy atom. The highest BCUT2D eigenvalue weighted by atomic mass is 16.5. The van der Waals surface area contributed by atoms with Crippen LogP contribution in [0.2, 0.25) is 0 Å². The number of ether oxygens (including phenoxy) is 1. The van der Waals surface area contributed by atoms with Crippen LogP contribution in [0.1, 0.15) is 90.8 Å². The van der Waals surface area contributed by atoms with E-state index in [9.17, 15) is 0 Å². The molecular weight excluding hydrogens is 268 g/mol. The molecule has 0 aliphatic carbocycles. The van der Waals surface area contributed by atoms with Crippen molar-refractivity contribution in [2.75, 3.05) is 6.61 Å². The second kappa shape index (κ2) is 7.53. The molecule has 0 atom stereocenters. The molecule has 1 aromatic rings. The second-order valence-electron chi connectivity index (χ2n) is 8.43. The predicted octanol–water partition coefficient (Wildman–Crippen LogP) is 6.42. The highest BCUT2D eigenvalue weighted by molar-refractivity contribution is 5.51. The van der Waals surface area contributed by atoms with Crippen molar-refractivity contribution in [3.05, 3.63) is 35.7 Å². The lowest BCUT2D eigenvalue weighted by atomic mass is 9.78. The molecule has 0 amide bonds. The summed E-state index contributed by atoms with van der Waals surface area (Å²) < 4.78 is 6.30. The van der Waals surface area contributed by atoms with E-state index in [-0.39, 0.29) is 10.8 Å². The Balaban J connectivity index is 3.14. The first-order valence-electron chi connectivity index (χ1n) is 8.71. The van der Waals surface area contributed by atoms with Crippen LogP contribution in [0.15, 0.2) is 12.1 Å². The van der Waals surface area contributed by atoms with Crippen molar-refractivity contribution < 1.29 is 4.74 Å². The minimum atomic E-state index is 0.0620. The van der Waals surface area contributed by atoms with Crippen LogP contribution in [-0.2, 0) is 10.8 Å². The maximum absolute atomic E-state index is 6.30. The molecule has 125 valence electrons. The summed E-state index contributed by atoms with van der Waals surface area (Å²) in [6, 6.07) is 4.38. The van der Waals surface area contributed by atoms with Gasteiger partial charge in [-0.25, -0.2) is 0 Å². The van der Waals surface area contributed by atoms with Gasteiger partial charge in [0.25, 0.3) is 0 Å². The summed E-state index contributed by atoms with van der Waals surface area (Å²) in [7, 11) is 0. The van der Waals surface area contributed by atoms with Crippen LogP contribution in [0.5, 0.6) is 5.75 Å². The van der Waals surface area contributed by atoms with Gasteiger partial charge in [0.1, 0.15) is 5.75 Å². The van der Waals surface area contributed by atoms with Gasteiger partial charge in [-0.2, -0.15) is 0 Å². The van der Waals surface area contributed by atoms with Crippen molar-refractivity contribution in [3.63, 3.8) is 0 Å². The lowest BCUT2D eigenvalue weighted by Gasteiger charge is -2.30. The van der Waals surface area contributed by atoms with Crippen molar-refractivity contribution in [3.8, 4) is 5.75 Å². The number of hydrogen-bond acceptors (Lipinski definition) is 1. The summed E-state index contributed by atoms with van der Waals surface area (Å²) in [5.74, 6) is 1.09. The zero-order valence-electron chi connectivity index (χ0n) is 15.8. The maximum atomic E-state index is 6.30. The van der Waals surface area contributed by atoms with Gasteiger partial charge in [0.15, 0.2) is 0 Å². The lowest BCUT2D eigenvalue weighted by Crippen LogP contribution is -2.20. The highest BCUT2D eigenvalue weighted by Crippen LogP contribution is 2.40. The van der Waals surface area contributed by atoms with Crippen molar-refractivity contribution in [1.29, 1.82) is 0 Å². The Kier molecular flexibility index (Phi) is 6.52. The van der Waals surface area contributed by atoms with Crippen LogP contribution in [0.4, 0.5) is 0 Å². The summed E-state index contributed by atoms with van der Waals surface area (Å²) in [6.45, 7) is 20.7. The Morgan fingerprint density at radius 2 is 1.36 bits per heavy atom. The topological polar surface area (TPSA) is 9.23 Å². The molecule has 0 aliphatic rings. The number of unbranched alkanes of at least 4 members (excludes halogenated alkanes) is 3. The van der Waals surface area contributed by atoms with Gasteiger partial charge in [-0.15, -0.1) is 0 Å². The molecule has 1 heteroatoms. The molecule has 0 saturated carbocycles. The van der Waals surface area contributed by atoms with Gasteiger partial charge in [-0.05, 0) is 29.7 Å². The largest absolute Gasteiger partial charge is 0.493 e. The average Bonchev–Trinajstić information content (AvgIpc) is 2.37. The fourth-order valence-corrected chi connectivity index (χ4v) is 2.66. The molecule has 0 saturated heterocycles. The molecule has 1 nitrogen and oxygen atoms in total. The Hall–Kier alpha value is -0.980. The van der Waals surface area contributed by atoms with Gasteiger partial charge in [-0.1, -0.05) is 79.9 Å². The van der Waals surface area contributed by atoms with Crippen LogP contribution in [-0.4, -0.2) is 6.61 Å². The molecule has 0 fully saturated rings. The van der Waals surface area contributed by atoms with Crippen molar-refractivity contribution >= 4 is 0 Å². The van der Waals surface area contributed by atoms with Crippen LogP contribution in [0.3, 0.4) is 0 Å². The van der Waals surface area contributed by atoms with E-state index in [1.807, 2.05) is 0 Å². The van der Waals surface area contributed by atoms with E-state index in [1.54, 1.807) is 0 Å².